The average molecular weight is 231 g/mol. The molecule has 0 spiro atoms. The summed E-state index contributed by atoms with van der Waals surface area (Å²) in [6.07, 6.45) is 10.5. The molecular formula is C14H21N3. The van der Waals surface area contributed by atoms with Crippen LogP contribution in [0.2, 0.25) is 0 Å². The van der Waals surface area contributed by atoms with Crippen molar-refractivity contribution in [3.05, 3.63) is 24.5 Å². The molecular weight excluding hydrogens is 210 g/mol. The molecule has 2 fully saturated rings. The number of nitrogens with one attached hydrogen (secondary N) is 2. The molecule has 3 nitrogen and oxygen atoms in total. The van der Waals surface area contributed by atoms with Crippen molar-refractivity contribution in [2.75, 3.05) is 11.9 Å². The van der Waals surface area contributed by atoms with Crippen molar-refractivity contribution in [3.63, 3.8) is 0 Å². The summed E-state index contributed by atoms with van der Waals surface area (Å²) in [6, 6.07) is 5.49. The Balaban J connectivity index is 1.65. The molecule has 2 heterocycles. The van der Waals surface area contributed by atoms with Gasteiger partial charge in [-0.3, -0.25) is 4.98 Å². The third-order valence-electron chi connectivity index (χ3n) is 4.20. The van der Waals surface area contributed by atoms with E-state index in [4.69, 9.17) is 0 Å². The van der Waals surface area contributed by atoms with Crippen LogP contribution in [-0.4, -0.2) is 23.6 Å². The smallest absolute Gasteiger partial charge is 0.0528 e. The SMILES string of the molecule is c1cncc(NC2CCCC2C2CCCN2)c1. The highest BCUT2D eigenvalue weighted by Gasteiger charge is 2.34. The van der Waals surface area contributed by atoms with Gasteiger partial charge in [-0.05, 0) is 50.3 Å². The Morgan fingerprint density at radius 3 is 3.00 bits per heavy atom. The van der Waals surface area contributed by atoms with Crippen LogP contribution in [0.1, 0.15) is 32.1 Å². The topological polar surface area (TPSA) is 37.0 Å². The van der Waals surface area contributed by atoms with E-state index in [-0.39, 0.29) is 0 Å². The van der Waals surface area contributed by atoms with Crippen LogP contribution >= 0.6 is 0 Å². The average Bonchev–Trinajstić information content (AvgIpc) is 3.00. The molecule has 17 heavy (non-hydrogen) atoms. The minimum Gasteiger partial charge on any atom is -0.381 e. The fourth-order valence-corrected chi connectivity index (χ4v) is 3.39. The fraction of sp³-hybridized carbons (Fsp3) is 0.643. The molecule has 1 aromatic heterocycles. The number of anilines is 1. The van der Waals surface area contributed by atoms with Gasteiger partial charge in [-0.25, -0.2) is 0 Å². The van der Waals surface area contributed by atoms with Crippen molar-refractivity contribution in [2.24, 2.45) is 5.92 Å². The molecule has 3 heteroatoms. The van der Waals surface area contributed by atoms with Gasteiger partial charge >= 0.3 is 0 Å². The number of nitrogens with zero attached hydrogens (tertiary/aromatic N) is 1. The lowest BCUT2D eigenvalue weighted by Gasteiger charge is -2.27. The van der Waals surface area contributed by atoms with E-state index in [1.54, 1.807) is 0 Å². The second-order valence-corrected chi connectivity index (χ2v) is 5.29. The van der Waals surface area contributed by atoms with Crippen LogP contribution in [0.3, 0.4) is 0 Å². The molecule has 0 radical (unpaired) electrons. The van der Waals surface area contributed by atoms with Crippen molar-refractivity contribution >= 4 is 5.69 Å². The Bertz CT molecular complexity index is 346. The minimum atomic E-state index is 0.634. The molecule has 92 valence electrons. The zero-order chi connectivity index (χ0) is 11.5. The Hall–Kier alpha value is -1.09. The summed E-state index contributed by atoms with van der Waals surface area (Å²) in [6.45, 7) is 1.21. The summed E-state index contributed by atoms with van der Waals surface area (Å²) >= 11 is 0. The van der Waals surface area contributed by atoms with E-state index in [0.29, 0.717) is 6.04 Å². The maximum Gasteiger partial charge on any atom is 0.0528 e. The van der Waals surface area contributed by atoms with E-state index in [0.717, 1.165) is 12.0 Å². The van der Waals surface area contributed by atoms with E-state index in [2.05, 4.69) is 21.7 Å². The van der Waals surface area contributed by atoms with Crippen LogP contribution in [0.15, 0.2) is 24.5 Å². The molecule has 0 bridgehead atoms. The second kappa shape index (κ2) is 5.05. The van der Waals surface area contributed by atoms with Gasteiger partial charge in [-0.1, -0.05) is 6.42 Å². The monoisotopic (exact) mass is 231 g/mol. The van der Waals surface area contributed by atoms with E-state index >= 15 is 0 Å². The summed E-state index contributed by atoms with van der Waals surface area (Å²) in [5.74, 6) is 0.803. The van der Waals surface area contributed by atoms with Crippen LogP contribution in [-0.2, 0) is 0 Å². The van der Waals surface area contributed by atoms with Gasteiger partial charge in [0.25, 0.3) is 0 Å². The number of pyridine rings is 1. The molecule has 1 aromatic rings. The predicted molar refractivity (Wildman–Crippen MR) is 70.0 cm³/mol. The Labute approximate surface area is 103 Å². The van der Waals surface area contributed by atoms with Gasteiger partial charge in [-0.15, -0.1) is 0 Å². The summed E-state index contributed by atoms with van der Waals surface area (Å²) in [4.78, 5) is 4.17. The predicted octanol–water partition coefficient (Wildman–Crippen LogP) is 2.41. The Morgan fingerprint density at radius 2 is 2.24 bits per heavy atom. The highest BCUT2D eigenvalue weighted by Crippen LogP contribution is 2.33. The van der Waals surface area contributed by atoms with Gasteiger partial charge < -0.3 is 10.6 Å². The minimum absolute atomic E-state index is 0.634. The van der Waals surface area contributed by atoms with Crippen molar-refractivity contribution in [3.8, 4) is 0 Å². The van der Waals surface area contributed by atoms with Crippen LogP contribution in [0.5, 0.6) is 0 Å². The van der Waals surface area contributed by atoms with E-state index in [1.165, 1.54) is 44.3 Å². The van der Waals surface area contributed by atoms with E-state index in [9.17, 15) is 0 Å². The normalized spacial score (nSPS) is 32.8. The van der Waals surface area contributed by atoms with Crippen LogP contribution < -0.4 is 10.6 Å². The van der Waals surface area contributed by atoms with E-state index in [1.807, 2.05) is 18.5 Å². The van der Waals surface area contributed by atoms with Crippen molar-refractivity contribution in [2.45, 2.75) is 44.2 Å². The van der Waals surface area contributed by atoms with Gasteiger partial charge in [0.2, 0.25) is 0 Å². The van der Waals surface area contributed by atoms with Crippen LogP contribution in [0.4, 0.5) is 5.69 Å². The van der Waals surface area contributed by atoms with Gasteiger partial charge in [-0.2, -0.15) is 0 Å². The van der Waals surface area contributed by atoms with Crippen molar-refractivity contribution in [1.82, 2.24) is 10.3 Å². The second-order valence-electron chi connectivity index (χ2n) is 5.29. The zero-order valence-corrected chi connectivity index (χ0v) is 10.2. The Kier molecular flexibility index (Phi) is 3.27. The first-order valence-electron chi connectivity index (χ1n) is 6.83. The number of hydrogen-bond acceptors (Lipinski definition) is 3. The summed E-state index contributed by atoms with van der Waals surface area (Å²) in [5, 5.41) is 7.32. The maximum atomic E-state index is 4.17. The first kappa shape index (κ1) is 11.0. The fourth-order valence-electron chi connectivity index (χ4n) is 3.39. The highest BCUT2D eigenvalue weighted by atomic mass is 15.0. The number of aromatic nitrogens is 1. The van der Waals surface area contributed by atoms with Crippen LogP contribution in [0.25, 0.3) is 0 Å². The van der Waals surface area contributed by atoms with Crippen LogP contribution in [0, 0.1) is 5.92 Å². The Morgan fingerprint density at radius 1 is 1.24 bits per heavy atom. The largest absolute Gasteiger partial charge is 0.381 e. The quantitative estimate of drug-likeness (QED) is 0.839. The highest BCUT2D eigenvalue weighted by molar-refractivity contribution is 5.41. The lowest BCUT2D eigenvalue weighted by atomic mass is 9.93. The molecule has 2 aliphatic rings. The lowest BCUT2D eigenvalue weighted by molar-refractivity contribution is 0.376. The van der Waals surface area contributed by atoms with Gasteiger partial charge in [0, 0.05) is 24.5 Å². The molecule has 0 aromatic carbocycles. The first-order valence-corrected chi connectivity index (χ1v) is 6.83. The molecule has 2 N–H and O–H groups in total. The molecule has 1 aliphatic heterocycles. The van der Waals surface area contributed by atoms with Crippen molar-refractivity contribution < 1.29 is 0 Å². The lowest BCUT2D eigenvalue weighted by Crippen LogP contribution is -2.38. The van der Waals surface area contributed by atoms with Gasteiger partial charge in [0.05, 0.1) is 5.69 Å². The molecule has 3 unspecified atom stereocenters. The summed E-state index contributed by atoms with van der Waals surface area (Å²) in [5.41, 5.74) is 1.17. The molecule has 0 amide bonds. The summed E-state index contributed by atoms with van der Waals surface area (Å²) in [7, 11) is 0. The zero-order valence-electron chi connectivity index (χ0n) is 10.2. The van der Waals surface area contributed by atoms with Gasteiger partial charge in [0.15, 0.2) is 0 Å². The molecule has 1 saturated carbocycles. The number of rotatable bonds is 3. The standard InChI is InChI=1S/C14H21N3/c1-5-12(13-7-3-9-16-13)14(6-1)17-11-4-2-8-15-10-11/h2,4,8,10,12-14,16-17H,1,3,5-7,9H2. The molecule has 1 saturated heterocycles. The number of hydrogen-bond donors (Lipinski definition) is 2. The molecule has 1 aliphatic carbocycles. The third-order valence-corrected chi connectivity index (χ3v) is 4.20. The van der Waals surface area contributed by atoms with E-state index < -0.39 is 0 Å². The molecule has 3 rings (SSSR count). The summed E-state index contributed by atoms with van der Waals surface area (Å²) < 4.78 is 0. The third kappa shape index (κ3) is 2.44. The van der Waals surface area contributed by atoms with Gasteiger partial charge in [0.1, 0.15) is 0 Å². The first-order chi connectivity index (χ1) is 8.43. The molecule has 3 atom stereocenters. The van der Waals surface area contributed by atoms with Crippen molar-refractivity contribution in [1.29, 1.82) is 0 Å². The maximum absolute atomic E-state index is 4.17.